The highest BCUT2D eigenvalue weighted by molar-refractivity contribution is 5.35. The molecule has 0 unspecified atom stereocenters. The molecule has 1 heterocycles. The second-order valence-corrected chi connectivity index (χ2v) is 3.03. The summed E-state index contributed by atoms with van der Waals surface area (Å²) in [5.74, 6) is 0. The maximum Gasteiger partial charge on any atom is 0.421 e. The molecule has 2 nitrogen and oxygen atoms in total. The van der Waals surface area contributed by atoms with Gasteiger partial charge in [0.1, 0.15) is 5.57 Å². The van der Waals surface area contributed by atoms with E-state index in [0.29, 0.717) is 0 Å². The van der Waals surface area contributed by atoms with Gasteiger partial charge in [0.05, 0.1) is 0 Å². The summed E-state index contributed by atoms with van der Waals surface area (Å²) in [5.41, 5.74) is -7.52. The van der Waals surface area contributed by atoms with Gasteiger partial charge in [0, 0.05) is 0 Å². The van der Waals surface area contributed by atoms with Crippen molar-refractivity contribution in [2.75, 3.05) is 0 Å². The van der Waals surface area contributed by atoms with E-state index in [4.69, 9.17) is 0 Å². The molecule has 0 saturated heterocycles. The van der Waals surface area contributed by atoms with Crippen LogP contribution in [0.2, 0.25) is 0 Å². The molecule has 12 heteroatoms. The zero-order valence-corrected chi connectivity index (χ0v) is 7.67. The van der Waals surface area contributed by atoms with Gasteiger partial charge in [0.2, 0.25) is 0 Å². The molecule has 0 spiro atoms. The Balaban J connectivity index is 3.66. The number of hydrogen-bond acceptors (Lipinski definition) is 2. The maximum absolute atomic E-state index is 12.6. The van der Waals surface area contributed by atoms with E-state index in [9.17, 15) is 43.9 Å². The smallest absolute Gasteiger partial charge is 0.174 e. The van der Waals surface area contributed by atoms with Crippen LogP contribution in [0, 0.1) is 0 Å². The highest BCUT2D eigenvalue weighted by Crippen LogP contribution is 2.53. The Morgan fingerprint density at radius 3 is 1.22 bits per heavy atom. The first-order valence-electron chi connectivity index (χ1n) is 3.79. The van der Waals surface area contributed by atoms with Crippen LogP contribution in [0.5, 0.6) is 0 Å². The van der Waals surface area contributed by atoms with E-state index in [1.807, 2.05) is 0 Å². The van der Waals surface area contributed by atoms with E-state index in [1.165, 1.54) is 10.2 Å². The van der Waals surface area contributed by atoms with E-state index in [-0.39, 0.29) is 0 Å². The van der Waals surface area contributed by atoms with Crippen LogP contribution in [0.15, 0.2) is 21.4 Å². The third kappa shape index (κ3) is 2.41. The quantitative estimate of drug-likeness (QED) is 0.365. The molecule has 0 aromatic heterocycles. The van der Waals surface area contributed by atoms with Crippen molar-refractivity contribution in [2.45, 2.75) is 24.4 Å². The van der Waals surface area contributed by atoms with Crippen LogP contribution in [0.4, 0.5) is 43.9 Å². The van der Waals surface area contributed by atoms with Crippen molar-refractivity contribution >= 4 is 0 Å². The average Bonchev–Trinajstić information content (AvgIpc) is 2.24. The van der Waals surface area contributed by atoms with Gasteiger partial charge in [-0.25, -0.2) is 0 Å². The first kappa shape index (κ1) is 14.7. The van der Waals surface area contributed by atoms with Crippen molar-refractivity contribution in [1.29, 1.82) is 0 Å². The van der Waals surface area contributed by atoms with Crippen LogP contribution in [-0.2, 0) is 0 Å². The molecule has 0 saturated carbocycles. The summed E-state index contributed by atoms with van der Waals surface area (Å²) in [6.45, 7) is 0. The van der Waals surface area contributed by atoms with E-state index in [0.717, 1.165) is 0 Å². The first-order valence-corrected chi connectivity index (χ1v) is 3.79. The average molecular weight is 290 g/mol. The fourth-order valence-electron chi connectivity index (χ4n) is 1.15. The van der Waals surface area contributed by atoms with E-state index in [2.05, 4.69) is 0 Å². The lowest BCUT2D eigenvalue weighted by Gasteiger charge is -2.21. The molecule has 0 aliphatic carbocycles. The predicted octanol–water partition coefficient (Wildman–Crippen LogP) is 4.06. The van der Waals surface area contributed by atoms with Gasteiger partial charge in [-0.1, -0.05) is 0 Å². The summed E-state index contributed by atoms with van der Waals surface area (Å²) < 4.78 is 123. The largest absolute Gasteiger partial charge is 0.421 e. The highest BCUT2D eigenvalue weighted by atomic mass is 19.4. The zero-order valence-electron chi connectivity index (χ0n) is 7.67. The van der Waals surface area contributed by atoms with Crippen LogP contribution in [0.25, 0.3) is 0 Å². The van der Waals surface area contributed by atoms with Gasteiger partial charge >= 0.3 is 24.4 Å². The third-order valence-corrected chi connectivity index (χ3v) is 1.72. The lowest BCUT2D eigenvalue weighted by atomic mass is 10.0. The number of rotatable bonds is 0. The van der Waals surface area contributed by atoms with Gasteiger partial charge < -0.3 is 0 Å². The molecule has 1 aliphatic heterocycles. The Bertz CT molecular complexity index is 375. The molecule has 0 N–H and O–H groups in total. The number of alkyl halides is 10. The van der Waals surface area contributed by atoms with Crippen LogP contribution in [0.1, 0.15) is 0 Å². The monoisotopic (exact) mass is 290 g/mol. The molecule has 0 aromatic rings. The van der Waals surface area contributed by atoms with Crippen LogP contribution in [0.3, 0.4) is 0 Å². The normalized spacial score (nSPS) is 22.4. The minimum atomic E-state index is -6.45. The molecule has 0 fully saturated rings. The zero-order chi connectivity index (χ0) is 14.6. The molecule has 1 rings (SSSR count). The first-order chi connectivity index (χ1) is 7.70. The minimum absolute atomic E-state index is 1.43. The Morgan fingerprint density at radius 2 is 1.00 bits per heavy atom. The number of hydrogen-bond donors (Lipinski definition) is 0. The summed E-state index contributed by atoms with van der Waals surface area (Å²) in [6, 6.07) is -10.7. The molecule has 0 aromatic carbocycles. The second-order valence-electron chi connectivity index (χ2n) is 3.03. The molecule has 0 amide bonds. The van der Waals surface area contributed by atoms with Gasteiger partial charge in [-0.15, -0.1) is 10.2 Å². The molecule has 1 aliphatic rings. The van der Waals surface area contributed by atoms with Crippen molar-refractivity contribution in [3.8, 4) is 0 Å². The summed E-state index contributed by atoms with van der Waals surface area (Å²) in [6.07, 6.45) is -12.9. The van der Waals surface area contributed by atoms with Gasteiger partial charge in [-0.3, -0.25) is 0 Å². The van der Waals surface area contributed by atoms with Crippen LogP contribution < -0.4 is 0 Å². The predicted molar refractivity (Wildman–Crippen MR) is 33.9 cm³/mol. The minimum Gasteiger partial charge on any atom is -0.174 e. The van der Waals surface area contributed by atoms with E-state index >= 15 is 0 Å². The Kier molecular flexibility index (Phi) is 2.92. The van der Waals surface area contributed by atoms with Crippen molar-refractivity contribution in [2.24, 2.45) is 10.2 Å². The Morgan fingerprint density at radius 1 is 0.722 bits per heavy atom. The number of nitrogens with zero attached hydrogens (tertiary/aromatic N) is 2. The fraction of sp³-hybridized carbons (Fsp3) is 0.667. The Labute approximate surface area is 91.0 Å². The van der Waals surface area contributed by atoms with Gasteiger partial charge in [0.15, 0.2) is 5.57 Å². The van der Waals surface area contributed by atoms with Crippen LogP contribution >= 0.6 is 0 Å². The van der Waals surface area contributed by atoms with E-state index < -0.39 is 35.6 Å². The van der Waals surface area contributed by atoms with Crippen LogP contribution in [-0.4, -0.2) is 24.4 Å². The summed E-state index contributed by atoms with van der Waals surface area (Å²) in [5, 5.41) is 2.87. The SMILES string of the molecule is FC(F)(F)C(=C1C(F)(F)N=NC1(F)F)C(F)(F)F. The second kappa shape index (κ2) is 3.57. The number of allylic oxidation sites excluding steroid dienone is 1. The lowest BCUT2D eigenvalue weighted by molar-refractivity contribution is -0.179. The molecular weight excluding hydrogens is 290 g/mol. The third-order valence-electron chi connectivity index (χ3n) is 1.72. The maximum atomic E-state index is 12.6. The molecule has 0 radical (unpaired) electrons. The lowest BCUT2D eigenvalue weighted by Crippen LogP contribution is -2.36. The molecule has 18 heavy (non-hydrogen) atoms. The molecule has 0 bridgehead atoms. The summed E-state index contributed by atoms with van der Waals surface area (Å²) >= 11 is 0. The van der Waals surface area contributed by atoms with Crippen molar-refractivity contribution in [1.82, 2.24) is 0 Å². The topological polar surface area (TPSA) is 24.7 Å². The van der Waals surface area contributed by atoms with Gasteiger partial charge in [-0.05, 0) is 0 Å². The number of azo groups is 1. The standard InChI is InChI=1S/C6F10N2/c7-3(8,9)1(4(10,11)12)2-5(13,14)17-18-6(2,15)16. The number of halogens is 10. The highest BCUT2D eigenvalue weighted by Gasteiger charge is 2.66. The molecular formula is C6F10N2. The van der Waals surface area contributed by atoms with Gasteiger partial charge in [-0.2, -0.15) is 43.9 Å². The molecule has 104 valence electrons. The van der Waals surface area contributed by atoms with Crippen molar-refractivity contribution in [3.05, 3.63) is 11.1 Å². The summed E-state index contributed by atoms with van der Waals surface area (Å²) in [4.78, 5) is 0. The van der Waals surface area contributed by atoms with Crippen molar-refractivity contribution in [3.63, 3.8) is 0 Å². The summed E-state index contributed by atoms with van der Waals surface area (Å²) in [7, 11) is 0. The van der Waals surface area contributed by atoms with E-state index in [1.54, 1.807) is 0 Å². The Hall–Kier alpha value is -1.36. The fourth-order valence-corrected chi connectivity index (χ4v) is 1.15. The van der Waals surface area contributed by atoms with Gasteiger partial charge in [0.25, 0.3) is 0 Å². The van der Waals surface area contributed by atoms with Crippen molar-refractivity contribution < 1.29 is 43.9 Å². The molecule has 0 atom stereocenters.